The fraction of sp³-hybridized carbons (Fsp3) is 0.647. The summed E-state index contributed by atoms with van der Waals surface area (Å²) in [6, 6.07) is 0. The van der Waals surface area contributed by atoms with Crippen LogP contribution in [0, 0.1) is 12.8 Å². The van der Waals surface area contributed by atoms with Gasteiger partial charge < -0.3 is 14.0 Å². The second-order valence-electron chi connectivity index (χ2n) is 7.26. The Balaban J connectivity index is 1.62. The highest BCUT2D eigenvalue weighted by Crippen LogP contribution is 2.45. The molecule has 1 amide bonds. The Morgan fingerprint density at radius 1 is 1.46 bits per heavy atom. The lowest BCUT2D eigenvalue weighted by Gasteiger charge is -2.41. The summed E-state index contributed by atoms with van der Waals surface area (Å²) in [5.41, 5.74) is -0.183. The van der Waals surface area contributed by atoms with Crippen LogP contribution in [-0.2, 0) is 12.5 Å². The maximum Gasteiger partial charge on any atom is 0.289 e. The van der Waals surface area contributed by atoms with Crippen LogP contribution < -0.4 is 0 Å². The van der Waals surface area contributed by atoms with E-state index < -0.39 is 0 Å². The summed E-state index contributed by atoms with van der Waals surface area (Å²) in [6.07, 6.45) is 9.01. The van der Waals surface area contributed by atoms with Crippen molar-refractivity contribution >= 4 is 5.91 Å². The Hall–Kier alpha value is -2.18. The molecule has 7 nitrogen and oxygen atoms in total. The largest absolute Gasteiger partial charge is 0.340 e. The molecule has 3 heterocycles. The van der Waals surface area contributed by atoms with Crippen LogP contribution in [0.15, 0.2) is 16.9 Å². The van der Waals surface area contributed by atoms with Gasteiger partial charge in [-0.3, -0.25) is 4.79 Å². The predicted octanol–water partition coefficient (Wildman–Crippen LogP) is 2.09. The average molecular weight is 329 g/mol. The van der Waals surface area contributed by atoms with Crippen molar-refractivity contribution in [2.45, 2.75) is 44.4 Å². The highest BCUT2D eigenvalue weighted by atomic mass is 16.5. The second-order valence-corrected chi connectivity index (χ2v) is 7.26. The van der Waals surface area contributed by atoms with Crippen LogP contribution in [0.25, 0.3) is 0 Å². The second kappa shape index (κ2) is 5.72. The molecular formula is C17H23N5O2. The van der Waals surface area contributed by atoms with E-state index in [9.17, 15) is 4.79 Å². The number of hydrogen-bond acceptors (Lipinski definition) is 5. The molecule has 7 heteroatoms. The SMILES string of the molecule is Cc1nc(C2(CC3CC3)CCCN(C(=O)c3nccn3C)C2)no1. The molecule has 24 heavy (non-hydrogen) atoms. The number of rotatable bonds is 4. The molecule has 1 saturated carbocycles. The molecule has 0 spiro atoms. The monoisotopic (exact) mass is 329 g/mol. The van der Waals surface area contributed by atoms with Crippen LogP contribution in [0.3, 0.4) is 0 Å². The molecule has 2 fully saturated rings. The summed E-state index contributed by atoms with van der Waals surface area (Å²) >= 11 is 0. The Bertz CT molecular complexity index is 748. The van der Waals surface area contributed by atoms with Gasteiger partial charge in [0.2, 0.25) is 5.89 Å². The molecular weight excluding hydrogens is 306 g/mol. The van der Waals surface area contributed by atoms with E-state index in [2.05, 4.69) is 15.1 Å². The first-order valence-corrected chi connectivity index (χ1v) is 8.65. The average Bonchev–Trinajstić information content (AvgIpc) is 3.09. The number of aryl methyl sites for hydroxylation is 2. The van der Waals surface area contributed by atoms with Gasteiger partial charge in [0.25, 0.3) is 5.91 Å². The first-order valence-electron chi connectivity index (χ1n) is 8.65. The lowest BCUT2D eigenvalue weighted by molar-refractivity contribution is 0.0591. The van der Waals surface area contributed by atoms with Crippen LogP contribution in [0.4, 0.5) is 0 Å². The Kier molecular flexibility index (Phi) is 3.66. The van der Waals surface area contributed by atoms with E-state index >= 15 is 0 Å². The molecule has 0 aromatic carbocycles. The van der Waals surface area contributed by atoms with E-state index in [0.29, 0.717) is 18.3 Å². The van der Waals surface area contributed by atoms with Gasteiger partial charge in [-0.05, 0) is 25.2 Å². The maximum atomic E-state index is 12.9. The maximum absolute atomic E-state index is 12.9. The van der Waals surface area contributed by atoms with E-state index in [1.807, 2.05) is 18.9 Å². The zero-order valence-electron chi connectivity index (χ0n) is 14.2. The first-order chi connectivity index (χ1) is 11.6. The molecule has 1 aliphatic heterocycles. The fourth-order valence-electron chi connectivity index (χ4n) is 3.85. The summed E-state index contributed by atoms with van der Waals surface area (Å²) in [6.45, 7) is 3.23. The summed E-state index contributed by atoms with van der Waals surface area (Å²) in [5.74, 6) is 2.56. The van der Waals surface area contributed by atoms with Gasteiger partial charge >= 0.3 is 0 Å². The minimum Gasteiger partial charge on any atom is -0.340 e. The molecule has 0 N–H and O–H groups in total. The van der Waals surface area contributed by atoms with Crippen molar-refractivity contribution in [3.05, 3.63) is 29.9 Å². The van der Waals surface area contributed by atoms with Gasteiger partial charge in [-0.25, -0.2) is 4.98 Å². The molecule has 1 atom stereocenters. The highest BCUT2D eigenvalue weighted by Gasteiger charge is 2.46. The molecule has 2 aromatic heterocycles. The number of carbonyl (C=O) groups is 1. The van der Waals surface area contributed by atoms with E-state index in [-0.39, 0.29) is 11.3 Å². The highest BCUT2D eigenvalue weighted by molar-refractivity contribution is 5.91. The van der Waals surface area contributed by atoms with E-state index in [0.717, 1.165) is 37.5 Å². The normalized spacial score (nSPS) is 24.3. The van der Waals surface area contributed by atoms with Crippen LogP contribution in [0.5, 0.6) is 0 Å². The summed E-state index contributed by atoms with van der Waals surface area (Å²) in [7, 11) is 1.85. The van der Waals surface area contributed by atoms with Crippen LogP contribution >= 0.6 is 0 Å². The molecule has 1 unspecified atom stereocenters. The Morgan fingerprint density at radius 2 is 2.29 bits per heavy atom. The zero-order valence-corrected chi connectivity index (χ0v) is 14.2. The standard InChI is InChI=1S/C17H23N5O2/c1-12-19-16(20-24-12)17(10-13-4-5-13)6-3-8-22(11-17)15(23)14-18-7-9-21(14)2/h7,9,13H,3-6,8,10-11H2,1-2H3. The Labute approximate surface area is 141 Å². The van der Waals surface area contributed by atoms with Crippen molar-refractivity contribution < 1.29 is 9.32 Å². The predicted molar refractivity (Wildman–Crippen MR) is 86.4 cm³/mol. The van der Waals surface area contributed by atoms with Crippen molar-refractivity contribution in [1.29, 1.82) is 0 Å². The third-order valence-electron chi connectivity index (χ3n) is 5.25. The summed E-state index contributed by atoms with van der Waals surface area (Å²) in [4.78, 5) is 23.5. The number of hydrogen-bond donors (Lipinski definition) is 0. The summed E-state index contributed by atoms with van der Waals surface area (Å²) in [5, 5.41) is 4.22. The third-order valence-corrected chi connectivity index (χ3v) is 5.25. The van der Waals surface area contributed by atoms with Gasteiger partial charge in [0, 0.05) is 39.5 Å². The molecule has 1 saturated heterocycles. The van der Waals surface area contributed by atoms with Gasteiger partial charge in [-0.15, -0.1) is 0 Å². The number of imidazole rings is 1. The van der Waals surface area contributed by atoms with Gasteiger partial charge in [0.15, 0.2) is 11.6 Å². The van der Waals surface area contributed by atoms with Crippen molar-refractivity contribution in [2.24, 2.45) is 13.0 Å². The van der Waals surface area contributed by atoms with Crippen LogP contribution in [0.2, 0.25) is 0 Å². The number of amides is 1. The number of carbonyl (C=O) groups excluding carboxylic acids is 1. The van der Waals surface area contributed by atoms with Crippen molar-refractivity contribution in [3.63, 3.8) is 0 Å². The molecule has 4 rings (SSSR count). The first kappa shape index (κ1) is 15.4. The van der Waals surface area contributed by atoms with Crippen LogP contribution in [0.1, 0.15) is 54.4 Å². The third kappa shape index (κ3) is 2.72. The number of likely N-dealkylation sites (tertiary alicyclic amines) is 1. The molecule has 1 aliphatic carbocycles. The van der Waals surface area contributed by atoms with Gasteiger partial charge in [-0.1, -0.05) is 18.0 Å². The van der Waals surface area contributed by atoms with Crippen LogP contribution in [-0.4, -0.2) is 43.6 Å². The summed E-state index contributed by atoms with van der Waals surface area (Å²) < 4.78 is 7.03. The van der Waals surface area contributed by atoms with Gasteiger partial charge in [0.05, 0.1) is 5.41 Å². The van der Waals surface area contributed by atoms with Gasteiger partial charge in [0.1, 0.15) is 0 Å². The van der Waals surface area contributed by atoms with Gasteiger partial charge in [-0.2, -0.15) is 4.98 Å². The minimum atomic E-state index is -0.183. The Morgan fingerprint density at radius 3 is 2.92 bits per heavy atom. The molecule has 0 bridgehead atoms. The number of aromatic nitrogens is 4. The quantitative estimate of drug-likeness (QED) is 0.858. The lowest BCUT2D eigenvalue weighted by Crippen LogP contribution is -2.49. The van der Waals surface area contributed by atoms with Crippen molar-refractivity contribution in [3.8, 4) is 0 Å². The fourth-order valence-corrected chi connectivity index (χ4v) is 3.85. The van der Waals surface area contributed by atoms with E-state index in [1.54, 1.807) is 17.0 Å². The lowest BCUT2D eigenvalue weighted by atomic mass is 9.75. The molecule has 128 valence electrons. The number of nitrogens with zero attached hydrogens (tertiary/aromatic N) is 5. The minimum absolute atomic E-state index is 0.0115. The smallest absolute Gasteiger partial charge is 0.289 e. The number of piperidine rings is 1. The molecule has 2 aromatic rings. The van der Waals surface area contributed by atoms with Crippen molar-refractivity contribution in [1.82, 2.24) is 24.6 Å². The van der Waals surface area contributed by atoms with E-state index in [1.165, 1.54) is 12.8 Å². The van der Waals surface area contributed by atoms with Crippen molar-refractivity contribution in [2.75, 3.05) is 13.1 Å². The molecule has 2 aliphatic rings. The zero-order chi connectivity index (χ0) is 16.7. The topological polar surface area (TPSA) is 77.1 Å². The molecule has 0 radical (unpaired) electrons. The van der Waals surface area contributed by atoms with E-state index in [4.69, 9.17) is 4.52 Å².